The van der Waals surface area contributed by atoms with E-state index >= 15 is 0 Å². The maximum absolute atomic E-state index is 12.5. The summed E-state index contributed by atoms with van der Waals surface area (Å²) in [5.74, 6) is 0.111. The lowest BCUT2D eigenvalue weighted by molar-refractivity contribution is -0.193. The number of pyridine rings is 1. The molecule has 1 aliphatic rings. The van der Waals surface area contributed by atoms with Crippen LogP contribution in [0.2, 0.25) is 0 Å². The molecule has 1 aliphatic carbocycles. The van der Waals surface area contributed by atoms with Gasteiger partial charge in [0.05, 0.1) is 19.3 Å². The van der Waals surface area contributed by atoms with Crippen LogP contribution in [0.15, 0.2) is 53.8 Å². The molecule has 0 saturated heterocycles. The van der Waals surface area contributed by atoms with Gasteiger partial charge in [0.1, 0.15) is 37.4 Å². The van der Waals surface area contributed by atoms with Crippen LogP contribution in [0.5, 0.6) is 5.75 Å². The van der Waals surface area contributed by atoms with Crippen molar-refractivity contribution in [3.63, 3.8) is 0 Å². The van der Waals surface area contributed by atoms with E-state index in [2.05, 4.69) is 9.89 Å². The molecule has 2 heterocycles. The maximum Gasteiger partial charge on any atom is 0.411 e. The lowest BCUT2D eigenvalue weighted by Gasteiger charge is -2.17. The number of carbonyl (C=O) groups is 1. The predicted octanol–water partition coefficient (Wildman–Crippen LogP) is 4.54. The van der Waals surface area contributed by atoms with E-state index in [1.807, 2.05) is 29.0 Å². The van der Waals surface area contributed by atoms with E-state index in [-0.39, 0.29) is 6.42 Å². The van der Waals surface area contributed by atoms with Crippen molar-refractivity contribution >= 4 is 22.7 Å². The van der Waals surface area contributed by atoms with Gasteiger partial charge in [0.2, 0.25) is 0 Å². The molecule has 0 spiro atoms. The second kappa shape index (κ2) is 11.6. The molecule has 0 radical (unpaired) electrons. The quantitative estimate of drug-likeness (QED) is 0.199. The van der Waals surface area contributed by atoms with Gasteiger partial charge in [-0.3, -0.25) is 0 Å². The Morgan fingerprint density at radius 1 is 1.14 bits per heavy atom. The summed E-state index contributed by atoms with van der Waals surface area (Å²) in [5, 5.41) is 5.18. The average molecular weight is 520 g/mol. The van der Waals surface area contributed by atoms with Gasteiger partial charge in [-0.15, -0.1) is 0 Å². The summed E-state index contributed by atoms with van der Waals surface area (Å²) in [6.07, 6.45) is -1.83. The minimum absolute atomic E-state index is 0.0540. The topological polar surface area (TPSA) is 84.2 Å². The number of aromatic nitrogens is 2. The van der Waals surface area contributed by atoms with E-state index in [4.69, 9.17) is 19.3 Å². The van der Waals surface area contributed by atoms with Gasteiger partial charge in [0.25, 0.3) is 0 Å². The summed E-state index contributed by atoms with van der Waals surface area (Å²) in [4.78, 5) is 21.6. The molecule has 1 fully saturated rings. The largest absolute Gasteiger partial charge is 0.492 e. The molecule has 3 aromatic rings. The SMILES string of the molecule is CO/N=C(\c1ccc2ccn(CCOc3ccc(CC(OCC(F)(F)F)C(=O)OC)cc3)c2n1)C1CC1. The summed E-state index contributed by atoms with van der Waals surface area (Å²) in [6, 6.07) is 12.7. The Morgan fingerprint density at radius 2 is 1.89 bits per heavy atom. The molecule has 1 saturated carbocycles. The number of esters is 1. The van der Waals surface area contributed by atoms with Gasteiger partial charge in [0, 0.05) is 23.9 Å². The number of alkyl halides is 3. The first kappa shape index (κ1) is 26.5. The number of carbonyl (C=O) groups excluding carboxylic acids is 1. The number of oxime groups is 1. The fourth-order valence-corrected chi connectivity index (χ4v) is 3.90. The van der Waals surface area contributed by atoms with E-state index in [0.29, 0.717) is 30.4 Å². The first-order valence-corrected chi connectivity index (χ1v) is 11.8. The number of rotatable bonds is 12. The van der Waals surface area contributed by atoms with E-state index < -0.39 is 24.9 Å². The summed E-state index contributed by atoms with van der Waals surface area (Å²) in [5.41, 5.74) is 3.11. The van der Waals surface area contributed by atoms with Crippen molar-refractivity contribution in [2.75, 3.05) is 27.4 Å². The monoisotopic (exact) mass is 519 g/mol. The molecule has 1 aromatic carbocycles. The standard InChI is InChI=1S/C26H28F3N3O5/c1-34-25(33)22(37-16-26(27,28)29)15-17-3-8-20(9-4-17)36-14-13-32-12-11-19-7-10-21(30-24(19)32)23(31-35-2)18-5-6-18/h3-4,7-12,18,22H,5-6,13-16H2,1-2H3/b31-23-. The van der Waals surface area contributed by atoms with Crippen molar-refractivity contribution in [2.45, 2.75) is 38.1 Å². The zero-order valence-corrected chi connectivity index (χ0v) is 20.5. The van der Waals surface area contributed by atoms with Crippen molar-refractivity contribution in [3.8, 4) is 5.75 Å². The van der Waals surface area contributed by atoms with Crippen LogP contribution in [0, 0.1) is 5.92 Å². The summed E-state index contributed by atoms with van der Waals surface area (Å²) < 4.78 is 54.6. The van der Waals surface area contributed by atoms with Gasteiger partial charge >= 0.3 is 12.1 Å². The molecule has 0 amide bonds. The molecule has 4 rings (SSSR count). The first-order valence-electron chi connectivity index (χ1n) is 11.8. The Labute approximate surface area is 212 Å². The normalized spacial score (nSPS) is 15.0. The number of benzene rings is 1. The molecule has 0 aliphatic heterocycles. The molecule has 1 unspecified atom stereocenters. The number of hydrogen-bond donors (Lipinski definition) is 0. The van der Waals surface area contributed by atoms with Crippen LogP contribution in [-0.4, -0.2) is 60.9 Å². The summed E-state index contributed by atoms with van der Waals surface area (Å²) >= 11 is 0. The molecular weight excluding hydrogens is 491 g/mol. The van der Waals surface area contributed by atoms with Gasteiger partial charge in [-0.05, 0) is 48.7 Å². The van der Waals surface area contributed by atoms with Crippen molar-refractivity contribution in [1.82, 2.24) is 9.55 Å². The van der Waals surface area contributed by atoms with Crippen molar-refractivity contribution < 1.29 is 37.0 Å². The van der Waals surface area contributed by atoms with Gasteiger partial charge in [-0.2, -0.15) is 13.2 Å². The highest BCUT2D eigenvalue weighted by Crippen LogP contribution is 2.33. The van der Waals surface area contributed by atoms with Crippen LogP contribution < -0.4 is 4.74 Å². The third-order valence-corrected chi connectivity index (χ3v) is 5.89. The van der Waals surface area contributed by atoms with Crippen molar-refractivity contribution in [1.29, 1.82) is 0 Å². The number of ether oxygens (including phenoxy) is 3. The molecule has 0 bridgehead atoms. The number of nitrogens with zero attached hydrogens (tertiary/aromatic N) is 3. The molecule has 11 heteroatoms. The molecule has 1 atom stereocenters. The van der Waals surface area contributed by atoms with Crippen LogP contribution in [0.4, 0.5) is 13.2 Å². The Kier molecular flexibility index (Phi) is 8.32. The Hall–Kier alpha value is -3.60. The molecule has 8 nitrogen and oxygen atoms in total. The number of hydrogen-bond acceptors (Lipinski definition) is 7. The van der Waals surface area contributed by atoms with Crippen LogP contribution in [-0.2, 0) is 32.1 Å². The lowest BCUT2D eigenvalue weighted by atomic mass is 10.1. The zero-order valence-electron chi connectivity index (χ0n) is 20.5. The minimum Gasteiger partial charge on any atom is -0.492 e. The smallest absolute Gasteiger partial charge is 0.411 e. The van der Waals surface area contributed by atoms with Crippen molar-refractivity contribution in [2.24, 2.45) is 11.1 Å². The van der Waals surface area contributed by atoms with Gasteiger partial charge in [-0.1, -0.05) is 17.3 Å². The van der Waals surface area contributed by atoms with E-state index in [1.54, 1.807) is 24.3 Å². The van der Waals surface area contributed by atoms with Gasteiger partial charge < -0.3 is 23.6 Å². The number of halogens is 3. The lowest BCUT2D eigenvalue weighted by Crippen LogP contribution is -2.32. The van der Waals surface area contributed by atoms with Gasteiger partial charge in [-0.25, -0.2) is 9.78 Å². The Bertz CT molecular complexity index is 1240. The highest BCUT2D eigenvalue weighted by Gasteiger charge is 2.32. The second-order valence-corrected chi connectivity index (χ2v) is 8.69. The molecule has 2 aromatic heterocycles. The van der Waals surface area contributed by atoms with Crippen LogP contribution in [0.25, 0.3) is 11.0 Å². The summed E-state index contributed by atoms with van der Waals surface area (Å²) in [6.45, 7) is -0.604. The highest BCUT2D eigenvalue weighted by molar-refractivity contribution is 6.03. The number of methoxy groups -OCH3 is 1. The van der Waals surface area contributed by atoms with E-state index in [9.17, 15) is 18.0 Å². The predicted molar refractivity (Wildman–Crippen MR) is 129 cm³/mol. The van der Waals surface area contributed by atoms with Crippen LogP contribution in [0.3, 0.4) is 0 Å². The van der Waals surface area contributed by atoms with Crippen LogP contribution >= 0.6 is 0 Å². The molecule has 0 N–H and O–H groups in total. The van der Waals surface area contributed by atoms with E-state index in [0.717, 1.165) is 42.4 Å². The zero-order chi connectivity index (χ0) is 26.4. The fraction of sp³-hybridized carbons (Fsp3) is 0.423. The van der Waals surface area contributed by atoms with E-state index in [1.165, 1.54) is 7.11 Å². The molecular formula is C26H28F3N3O5. The summed E-state index contributed by atoms with van der Waals surface area (Å²) in [7, 11) is 2.64. The molecule has 37 heavy (non-hydrogen) atoms. The van der Waals surface area contributed by atoms with Crippen LogP contribution in [0.1, 0.15) is 24.1 Å². The average Bonchev–Trinajstić information content (AvgIpc) is 3.65. The third kappa shape index (κ3) is 7.22. The maximum atomic E-state index is 12.5. The number of fused-ring (bicyclic) bond motifs is 1. The highest BCUT2D eigenvalue weighted by atomic mass is 19.4. The Morgan fingerprint density at radius 3 is 2.54 bits per heavy atom. The third-order valence-electron chi connectivity index (χ3n) is 5.89. The first-order chi connectivity index (χ1) is 17.8. The molecule has 198 valence electrons. The minimum atomic E-state index is -4.54. The van der Waals surface area contributed by atoms with Gasteiger partial charge in [0.15, 0.2) is 6.10 Å². The Balaban J connectivity index is 1.35. The second-order valence-electron chi connectivity index (χ2n) is 8.69. The van der Waals surface area contributed by atoms with Crippen molar-refractivity contribution in [3.05, 3.63) is 59.9 Å². The fourth-order valence-electron chi connectivity index (χ4n) is 3.90.